The monoisotopic (exact) mass is 394 g/mol. The second kappa shape index (κ2) is 8.18. The average molecular weight is 394 g/mol. The van der Waals surface area contributed by atoms with Crippen LogP contribution in [0.3, 0.4) is 0 Å². The molecule has 0 atom stereocenters. The third-order valence-corrected chi connectivity index (χ3v) is 4.65. The summed E-state index contributed by atoms with van der Waals surface area (Å²) in [6.07, 6.45) is 0. The van der Waals surface area contributed by atoms with Crippen molar-refractivity contribution in [3.63, 3.8) is 0 Å². The van der Waals surface area contributed by atoms with Crippen molar-refractivity contribution >= 4 is 5.97 Å². The van der Waals surface area contributed by atoms with Crippen LogP contribution < -0.4 is 14.2 Å². The van der Waals surface area contributed by atoms with Gasteiger partial charge in [0.25, 0.3) is 0 Å². The molecule has 0 amide bonds. The number of hydrogen-bond acceptors (Lipinski definition) is 6. The van der Waals surface area contributed by atoms with Gasteiger partial charge in [0.2, 0.25) is 11.8 Å². The average Bonchev–Trinajstić information content (AvgIpc) is 2.70. The number of methoxy groups -OCH3 is 2. The van der Waals surface area contributed by atoms with Crippen LogP contribution in [-0.2, 0) is 0 Å². The highest BCUT2D eigenvalue weighted by Crippen LogP contribution is 2.36. The Morgan fingerprint density at radius 2 is 1.48 bits per heavy atom. The maximum absolute atomic E-state index is 12.1. The third kappa shape index (κ3) is 4.13. The van der Waals surface area contributed by atoms with Crippen LogP contribution in [0.2, 0.25) is 0 Å². The fourth-order valence-corrected chi connectivity index (χ4v) is 3.05. The lowest BCUT2D eigenvalue weighted by atomic mass is 9.92. The summed E-state index contributed by atoms with van der Waals surface area (Å²) < 4.78 is 16.0. The van der Waals surface area contributed by atoms with Gasteiger partial charge in [-0.25, -0.2) is 4.79 Å². The number of carbonyl (C=O) groups is 1. The molecule has 0 bridgehead atoms. The summed E-state index contributed by atoms with van der Waals surface area (Å²) in [6, 6.07) is 10.5. The minimum atomic E-state index is -1.11. The predicted octanol–water partition coefficient (Wildman–Crippen LogP) is 4.58. The van der Waals surface area contributed by atoms with Gasteiger partial charge < -0.3 is 19.3 Å². The van der Waals surface area contributed by atoms with Gasteiger partial charge in [-0.2, -0.15) is 9.97 Å². The van der Waals surface area contributed by atoms with E-state index in [1.165, 1.54) is 20.3 Å². The molecular weight excluding hydrogens is 372 g/mol. The highest BCUT2D eigenvalue weighted by molar-refractivity contribution is 5.99. The van der Waals surface area contributed by atoms with Crippen LogP contribution in [0.5, 0.6) is 23.5 Å². The van der Waals surface area contributed by atoms with E-state index < -0.39 is 5.97 Å². The minimum absolute atomic E-state index is 0.0317. The van der Waals surface area contributed by atoms with Gasteiger partial charge in [-0.3, -0.25) is 0 Å². The first-order chi connectivity index (χ1) is 13.8. The Kier molecular flexibility index (Phi) is 5.68. The van der Waals surface area contributed by atoms with Crippen LogP contribution >= 0.6 is 0 Å². The van der Waals surface area contributed by atoms with E-state index in [1.54, 1.807) is 18.2 Å². The number of aromatic carboxylic acids is 1. The first-order valence-electron chi connectivity index (χ1n) is 8.93. The molecule has 0 unspecified atom stereocenters. The number of hydrogen-bond donors (Lipinski definition) is 1. The molecule has 3 aromatic rings. The van der Waals surface area contributed by atoms with Crippen molar-refractivity contribution in [2.75, 3.05) is 14.2 Å². The highest BCUT2D eigenvalue weighted by atomic mass is 16.5. The Balaban J connectivity index is 2.14. The number of carboxylic acids is 1. The van der Waals surface area contributed by atoms with Gasteiger partial charge in [0.15, 0.2) is 0 Å². The predicted molar refractivity (Wildman–Crippen MR) is 108 cm³/mol. The van der Waals surface area contributed by atoms with E-state index >= 15 is 0 Å². The summed E-state index contributed by atoms with van der Waals surface area (Å²) in [5.41, 5.74) is 4.63. The van der Waals surface area contributed by atoms with E-state index in [9.17, 15) is 9.90 Å². The molecule has 0 aliphatic carbocycles. The van der Waals surface area contributed by atoms with Gasteiger partial charge in [-0.15, -0.1) is 0 Å². The Morgan fingerprint density at radius 1 is 0.862 bits per heavy atom. The van der Waals surface area contributed by atoms with Crippen LogP contribution in [0, 0.1) is 20.8 Å². The second-order valence-electron chi connectivity index (χ2n) is 6.57. The van der Waals surface area contributed by atoms with Gasteiger partial charge in [-0.1, -0.05) is 24.3 Å². The van der Waals surface area contributed by atoms with Crippen molar-refractivity contribution < 1.29 is 24.1 Å². The van der Waals surface area contributed by atoms with E-state index in [0.29, 0.717) is 5.56 Å². The normalized spacial score (nSPS) is 10.5. The van der Waals surface area contributed by atoms with Crippen molar-refractivity contribution in [2.24, 2.45) is 0 Å². The molecule has 1 N–H and O–H groups in total. The molecule has 2 aromatic carbocycles. The molecule has 7 heteroatoms. The first kappa shape index (κ1) is 20.1. The molecule has 7 nitrogen and oxygen atoms in total. The zero-order valence-corrected chi connectivity index (χ0v) is 16.9. The Morgan fingerprint density at radius 3 is 2.07 bits per heavy atom. The minimum Gasteiger partial charge on any atom is -0.481 e. The molecule has 0 aliphatic rings. The van der Waals surface area contributed by atoms with E-state index in [1.807, 2.05) is 32.9 Å². The summed E-state index contributed by atoms with van der Waals surface area (Å²) >= 11 is 0. The molecule has 0 saturated carbocycles. The number of ether oxygens (including phenoxy) is 3. The van der Waals surface area contributed by atoms with Crippen molar-refractivity contribution in [2.45, 2.75) is 20.8 Å². The number of aromatic nitrogens is 2. The summed E-state index contributed by atoms with van der Waals surface area (Å²) in [6.45, 7) is 5.98. The quantitative estimate of drug-likeness (QED) is 0.654. The van der Waals surface area contributed by atoms with Gasteiger partial charge >= 0.3 is 12.0 Å². The Hall–Kier alpha value is -3.61. The zero-order chi connectivity index (χ0) is 21.1. The summed E-state index contributed by atoms with van der Waals surface area (Å²) in [4.78, 5) is 20.4. The van der Waals surface area contributed by atoms with E-state index in [4.69, 9.17) is 14.2 Å². The lowest BCUT2D eigenvalue weighted by Gasteiger charge is -2.15. The van der Waals surface area contributed by atoms with E-state index in [-0.39, 0.29) is 29.1 Å². The first-order valence-corrected chi connectivity index (χ1v) is 8.93. The lowest BCUT2D eigenvalue weighted by Crippen LogP contribution is -2.05. The molecule has 0 saturated heterocycles. The van der Waals surface area contributed by atoms with Gasteiger partial charge in [0.05, 0.1) is 20.3 Å². The third-order valence-electron chi connectivity index (χ3n) is 4.65. The molecule has 0 aliphatic heterocycles. The van der Waals surface area contributed by atoms with Crippen molar-refractivity contribution in [1.29, 1.82) is 0 Å². The lowest BCUT2D eigenvalue weighted by molar-refractivity contribution is 0.0695. The fourth-order valence-electron chi connectivity index (χ4n) is 3.05. The second-order valence-corrected chi connectivity index (χ2v) is 6.57. The summed E-state index contributed by atoms with van der Waals surface area (Å²) in [5.74, 6) is -0.499. The molecule has 0 spiro atoms. The van der Waals surface area contributed by atoms with Crippen molar-refractivity contribution in [3.8, 4) is 34.6 Å². The van der Waals surface area contributed by atoms with E-state index in [2.05, 4.69) is 9.97 Å². The topological polar surface area (TPSA) is 90.8 Å². The van der Waals surface area contributed by atoms with Gasteiger partial charge in [0.1, 0.15) is 11.3 Å². The molecule has 0 radical (unpaired) electrons. The van der Waals surface area contributed by atoms with Crippen LogP contribution in [0.1, 0.15) is 27.0 Å². The number of benzene rings is 2. The standard InChI is InChI=1S/C22H22N2O5/c1-12-9-14(3)16(10-13(12)2)15-7-6-8-17(20(15)21(25)26)29-22-23-18(27-4)11-19(24-22)28-5/h6-11H,1-5H3,(H,25,26). The molecule has 3 rings (SSSR count). The maximum atomic E-state index is 12.1. The summed E-state index contributed by atoms with van der Waals surface area (Å²) in [5, 5.41) is 9.93. The van der Waals surface area contributed by atoms with Crippen molar-refractivity contribution in [1.82, 2.24) is 9.97 Å². The zero-order valence-electron chi connectivity index (χ0n) is 16.9. The molecule has 29 heavy (non-hydrogen) atoms. The smallest absolute Gasteiger partial charge is 0.340 e. The largest absolute Gasteiger partial charge is 0.481 e. The van der Waals surface area contributed by atoms with Crippen molar-refractivity contribution in [3.05, 3.63) is 58.7 Å². The Bertz CT molecular complexity index is 1060. The van der Waals surface area contributed by atoms with Crippen LogP contribution in [0.15, 0.2) is 36.4 Å². The number of carboxylic acid groups (broad SMARTS) is 1. The highest BCUT2D eigenvalue weighted by Gasteiger charge is 2.21. The van der Waals surface area contributed by atoms with Crippen LogP contribution in [0.4, 0.5) is 0 Å². The number of nitrogens with zero attached hydrogens (tertiary/aromatic N) is 2. The SMILES string of the molecule is COc1cc(OC)nc(Oc2cccc(-c3cc(C)c(C)cc3C)c2C(=O)O)n1. The summed E-state index contributed by atoms with van der Waals surface area (Å²) in [7, 11) is 2.91. The van der Waals surface area contributed by atoms with E-state index in [0.717, 1.165) is 22.3 Å². The Labute approximate surface area is 168 Å². The van der Waals surface area contributed by atoms with Gasteiger partial charge in [-0.05, 0) is 49.1 Å². The maximum Gasteiger partial charge on any atom is 0.340 e. The van der Waals surface area contributed by atoms with Crippen LogP contribution in [0.25, 0.3) is 11.1 Å². The molecular formula is C22H22N2O5. The number of rotatable bonds is 6. The van der Waals surface area contributed by atoms with Crippen LogP contribution in [-0.4, -0.2) is 35.3 Å². The molecule has 0 fully saturated rings. The molecule has 1 aromatic heterocycles. The van der Waals surface area contributed by atoms with Gasteiger partial charge in [0, 0.05) is 5.56 Å². The fraction of sp³-hybridized carbons (Fsp3) is 0.227. The molecule has 1 heterocycles. The molecule has 150 valence electrons. The number of aryl methyl sites for hydroxylation is 3.